The second kappa shape index (κ2) is 9.23. The molecule has 1 aliphatic heterocycles. The van der Waals surface area contributed by atoms with Crippen LogP contribution in [-0.4, -0.2) is 26.2 Å². The molecule has 5 heteroatoms. The van der Waals surface area contributed by atoms with Crippen LogP contribution in [0.1, 0.15) is 27.7 Å². The summed E-state index contributed by atoms with van der Waals surface area (Å²) in [5, 5.41) is 0. The van der Waals surface area contributed by atoms with Gasteiger partial charge in [0, 0.05) is 59.8 Å². The Kier molecular flexibility index (Phi) is 6.42. The molecule has 0 bridgehead atoms. The number of fused-ring (bicyclic) bond motifs is 2. The molecule has 0 aliphatic carbocycles. The summed E-state index contributed by atoms with van der Waals surface area (Å²) in [6.45, 7) is 12.6. The molecule has 0 N–H and O–H groups in total. The van der Waals surface area contributed by atoms with Gasteiger partial charge >= 0.3 is 0 Å². The molecule has 0 aromatic heterocycles. The van der Waals surface area contributed by atoms with Crippen LogP contribution < -0.4 is 19.4 Å². The predicted octanol–water partition coefficient (Wildman–Crippen LogP) is 7.72. The van der Waals surface area contributed by atoms with Gasteiger partial charge in [0.1, 0.15) is 0 Å². The highest BCUT2D eigenvalue weighted by atomic mass is 79.9. The summed E-state index contributed by atoms with van der Waals surface area (Å²) in [4.78, 5) is 6.98. The predicted molar refractivity (Wildman–Crippen MR) is 136 cm³/mol. The summed E-state index contributed by atoms with van der Waals surface area (Å²) in [5.41, 5.74) is 5.59. The van der Waals surface area contributed by atoms with Crippen molar-refractivity contribution in [2.45, 2.75) is 27.7 Å². The molecule has 0 unspecified atom stereocenters. The van der Waals surface area contributed by atoms with Gasteiger partial charge in [-0.15, -0.1) is 0 Å². The lowest BCUT2D eigenvalue weighted by molar-refractivity contribution is 0.477. The number of rotatable bonds is 7. The molecule has 0 radical (unpaired) electrons. The zero-order valence-corrected chi connectivity index (χ0v) is 20.3. The number of ether oxygens (including phenoxy) is 1. The molecule has 31 heavy (non-hydrogen) atoms. The molecule has 0 spiro atoms. The number of nitrogens with zero attached hydrogens (tertiary/aromatic N) is 3. The van der Waals surface area contributed by atoms with E-state index in [-0.39, 0.29) is 0 Å². The quantitative estimate of drug-likeness (QED) is 0.270. The zero-order valence-electron chi connectivity index (χ0n) is 18.7. The van der Waals surface area contributed by atoms with E-state index in [9.17, 15) is 0 Å². The summed E-state index contributed by atoms with van der Waals surface area (Å²) in [6, 6.07) is 21.5. The molecule has 3 aromatic carbocycles. The maximum Gasteiger partial charge on any atom is 0.153 e. The van der Waals surface area contributed by atoms with Crippen LogP contribution in [0.5, 0.6) is 11.5 Å². The van der Waals surface area contributed by atoms with Gasteiger partial charge in [-0.05, 0) is 76.2 Å². The molecule has 1 aliphatic rings. The summed E-state index contributed by atoms with van der Waals surface area (Å²) in [6.07, 6.45) is 0. The highest BCUT2D eigenvalue weighted by Crippen LogP contribution is 2.52. The van der Waals surface area contributed by atoms with Gasteiger partial charge in [-0.1, -0.05) is 15.9 Å². The minimum Gasteiger partial charge on any atom is -0.453 e. The van der Waals surface area contributed by atoms with Gasteiger partial charge in [0.05, 0.1) is 11.4 Å². The van der Waals surface area contributed by atoms with E-state index in [0.29, 0.717) is 0 Å². The molecule has 0 atom stereocenters. The number of hydrogen-bond acceptors (Lipinski definition) is 4. The van der Waals surface area contributed by atoms with E-state index in [2.05, 4.69) is 119 Å². The highest BCUT2D eigenvalue weighted by Gasteiger charge is 2.27. The van der Waals surface area contributed by atoms with E-state index in [4.69, 9.17) is 4.74 Å². The van der Waals surface area contributed by atoms with Gasteiger partial charge in [-0.2, -0.15) is 0 Å². The molecule has 0 saturated carbocycles. The summed E-state index contributed by atoms with van der Waals surface area (Å²) < 4.78 is 7.58. The van der Waals surface area contributed by atoms with Gasteiger partial charge in [0.25, 0.3) is 0 Å². The fourth-order valence-corrected chi connectivity index (χ4v) is 4.49. The lowest BCUT2D eigenvalue weighted by atomic mass is 10.1. The van der Waals surface area contributed by atoms with Crippen LogP contribution in [0.4, 0.5) is 28.4 Å². The van der Waals surface area contributed by atoms with Crippen molar-refractivity contribution in [2.24, 2.45) is 0 Å². The van der Waals surface area contributed by atoms with Gasteiger partial charge in [0.15, 0.2) is 11.5 Å². The van der Waals surface area contributed by atoms with E-state index >= 15 is 0 Å². The largest absolute Gasteiger partial charge is 0.453 e. The van der Waals surface area contributed by atoms with Gasteiger partial charge < -0.3 is 19.4 Å². The van der Waals surface area contributed by atoms with E-state index in [0.717, 1.165) is 59.2 Å². The average molecular weight is 480 g/mol. The van der Waals surface area contributed by atoms with Crippen molar-refractivity contribution in [1.29, 1.82) is 0 Å². The van der Waals surface area contributed by atoms with E-state index in [1.807, 2.05) is 0 Å². The van der Waals surface area contributed by atoms with Crippen LogP contribution in [0.3, 0.4) is 0 Å². The minimum absolute atomic E-state index is 0.886. The number of hydrogen-bond donors (Lipinski definition) is 0. The molecule has 4 rings (SSSR count). The number of halogens is 1. The second-order valence-corrected chi connectivity index (χ2v) is 8.48. The highest BCUT2D eigenvalue weighted by molar-refractivity contribution is 9.10. The standard InChI is InChI=1S/C26H30BrN3O/c1-5-28(6-2)21-13-15-23-25(17-21)31-26-18-22(29(7-3)8-4)14-16-24(26)30(23)20-11-9-19(27)10-12-20/h9-18H,5-8H2,1-4H3. The first-order valence-electron chi connectivity index (χ1n) is 11.1. The minimum atomic E-state index is 0.886. The van der Waals surface area contributed by atoms with Crippen molar-refractivity contribution < 1.29 is 4.74 Å². The Balaban J connectivity index is 1.86. The van der Waals surface area contributed by atoms with Crippen LogP contribution in [0.2, 0.25) is 0 Å². The molecule has 4 nitrogen and oxygen atoms in total. The Hall–Kier alpha value is -2.66. The van der Waals surface area contributed by atoms with Crippen LogP contribution in [-0.2, 0) is 0 Å². The molecule has 0 fully saturated rings. The molecule has 162 valence electrons. The maximum atomic E-state index is 6.51. The van der Waals surface area contributed by atoms with Gasteiger partial charge in [-0.25, -0.2) is 0 Å². The summed E-state index contributed by atoms with van der Waals surface area (Å²) in [7, 11) is 0. The Bertz CT molecular complexity index is 982. The number of benzene rings is 3. The van der Waals surface area contributed by atoms with Crippen LogP contribution in [0, 0.1) is 0 Å². The van der Waals surface area contributed by atoms with Crippen molar-refractivity contribution in [2.75, 3.05) is 40.9 Å². The lowest BCUT2D eigenvalue weighted by Gasteiger charge is -2.35. The normalized spacial score (nSPS) is 12.1. The first-order chi connectivity index (χ1) is 15.1. The SMILES string of the molecule is CCN(CC)c1ccc2c(c1)Oc1cc(N(CC)CC)ccc1N2c1ccc(Br)cc1. The summed E-state index contributed by atoms with van der Waals surface area (Å²) in [5.74, 6) is 1.77. The van der Waals surface area contributed by atoms with Crippen molar-refractivity contribution >= 4 is 44.4 Å². The molecule has 3 aromatic rings. The third-order valence-corrected chi connectivity index (χ3v) is 6.46. The van der Waals surface area contributed by atoms with E-state index in [1.54, 1.807) is 0 Å². The Labute approximate surface area is 194 Å². The average Bonchev–Trinajstić information content (AvgIpc) is 2.79. The molecule has 1 heterocycles. The fourth-order valence-electron chi connectivity index (χ4n) is 4.23. The van der Waals surface area contributed by atoms with Crippen molar-refractivity contribution in [1.82, 2.24) is 0 Å². The van der Waals surface area contributed by atoms with Crippen molar-refractivity contribution in [3.05, 3.63) is 65.1 Å². The maximum absolute atomic E-state index is 6.51. The van der Waals surface area contributed by atoms with Crippen LogP contribution >= 0.6 is 15.9 Å². The Morgan fingerprint density at radius 1 is 0.677 bits per heavy atom. The first-order valence-corrected chi connectivity index (χ1v) is 11.9. The van der Waals surface area contributed by atoms with Crippen molar-refractivity contribution in [3.8, 4) is 11.5 Å². The van der Waals surface area contributed by atoms with Gasteiger partial charge in [0.2, 0.25) is 0 Å². The third kappa shape index (κ3) is 4.11. The molecular formula is C26H30BrN3O. The van der Waals surface area contributed by atoms with E-state index < -0.39 is 0 Å². The number of anilines is 5. The monoisotopic (exact) mass is 479 g/mol. The summed E-state index contributed by atoms with van der Waals surface area (Å²) >= 11 is 3.56. The smallest absolute Gasteiger partial charge is 0.153 e. The molecular weight excluding hydrogens is 450 g/mol. The van der Waals surface area contributed by atoms with Crippen molar-refractivity contribution in [3.63, 3.8) is 0 Å². The topological polar surface area (TPSA) is 19.0 Å². The van der Waals surface area contributed by atoms with Gasteiger partial charge in [-0.3, -0.25) is 0 Å². The lowest BCUT2D eigenvalue weighted by Crippen LogP contribution is -2.23. The molecule has 0 saturated heterocycles. The Morgan fingerprint density at radius 3 is 1.55 bits per heavy atom. The molecule has 0 amide bonds. The second-order valence-electron chi connectivity index (χ2n) is 7.56. The fraction of sp³-hybridized carbons (Fsp3) is 0.308. The first kappa shape index (κ1) is 21.6. The van der Waals surface area contributed by atoms with Crippen LogP contribution in [0.25, 0.3) is 0 Å². The zero-order chi connectivity index (χ0) is 22.0. The third-order valence-electron chi connectivity index (χ3n) is 5.93. The van der Waals surface area contributed by atoms with Crippen LogP contribution in [0.15, 0.2) is 65.1 Å². The Morgan fingerprint density at radius 2 is 1.13 bits per heavy atom. The van der Waals surface area contributed by atoms with E-state index in [1.165, 1.54) is 11.4 Å².